The maximum absolute atomic E-state index is 10.3. The summed E-state index contributed by atoms with van der Waals surface area (Å²) in [6, 6.07) is 3.42. The standard InChI is InChI=1S/C13H17NO5/c1-17-10-8-12(19-3)11(18-2)7-9(10)14-6-4-5-13(15)16/h4-5,7-8,14H,6H2,1-3H3,(H,15,16)/b5-4+. The lowest BCUT2D eigenvalue weighted by Crippen LogP contribution is -2.03. The van der Waals surface area contributed by atoms with Crippen LogP contribution in [0.3, 0.4) is 0 Å². The SMILES string of the molecule is COc1cc(OC)c(OC)cc1NC/C=C/C(=O)O. The molecule has 1 aromatic carbocycles. The van der Waals surface area contributed by atoms with Crippen molar-refractivity contribution in [3.63, 3.8) is 0 Å². The zero-order valence-electron chi connectivity index (χ0n) is 11.1. The molecule has 19 heavy (non-hydrogen) atoms. The summed E-state index contributed by atoms with van der Waals surface area (Å²) >= 11 is 0. The molecule has 0 amide bonds. The van der Waals surface area contributed by atoms with E-state index in [4.69, 9.17) is 19.3 Å². The van der Waals surface area contributed by atoms with Gasteiger partial charge >= 0.3 is 5.97 Å². The number of carbonyl (C=O) groups is 1. The van der Waals surface area contributed by atoms with Gasteiger partial charge in [0.2, 0.25) is 0 Å². The minimum atomic E-state index is -0.985. The van der Waals surface area contributed by atoms with E-state index >= 15 is 0 Å². The van der Waals surface area contributed by atoms with Crippen molar-refractivity contribution in [3.8, 4) is 17.2 Å². The van der Waals surface area contributed by atoms with E-state index in [0.717, 1.165) is 6.08 Å². The van der Waals surface area contributed by atoms with Gasteiger partial charge in [0, 0.05) is 24.8 Å². The zero-order valence-corrected chi connectivity index (χ0v) is 11.1. The normalized spacial score (nSPS) is 10.3. The topological polar surface area (TPSA) is 77.0 Å². The van der Waals surface area contributed by atoms with Crippen LogP contribution in [-0.4, -0.2) is 38.9 Å². The van der Waals surface area contributed by atoms with Crippen molar-refractivity contribution in [1.82, 2.24) is 0 Å². The summed E-state index contributed by atoms with van der Waals surface area (Å²) in [5.74, 6) is 0.724. The number of hydrogen-bond acceptors (Lipinski definition) is 5. The van der Waals surface area contributed by atoms with Crippen LogP contribution in [0.2, 0.25) is 0 Å². The molecule has 0 heterocycles. The van der Waals surface area contributed by atoms with Gasteiger partial charge in [-0.3, -0.25) is 0 Å². The van der Waals surface area contributed by atoms with Crippen LogP contribution in [0, 0.1) is 0 Å². The molecule has 0 aliphatic heterocycles. The maximum atomic E-state index is 10.3. The first-order valence-corrected chi connectivity index (χ1v) is 5.55. The van der Waals surface area contributed by atoms with Gasteiger partial charge in [0.1, 0.15) is 5.75 Å². The van der Waals surface area contributed by atoms with E-state index in [-0.39, 0.29) is 0 Å². The third-order valence-corrected chi connectivity index (χ3v) is 2.38. The summed E-state index contributed by atoms with van der Waals surface area (Å²) in [4.78, 5) is 10.3. The molecule has 104 valence electrons. The van der Waals surface area contributed by atoms with Gasteiger partial charge in [-0.15, -0.1) is 0 Å². The largest absolute Gasteiger partial charge is 0.494 e. The monoisotopic (exact) mass is 267 g/mol. The van der Waals surface area contributed by atoms with Crippen molar-refractivity contribution in [3.05, 3.63) is 24.3 Å². The van der Waals surface area contributed by atoms with Gasteiger partial charge in [-0.1, -0.05) is 6.08 Å². The van der Waals surface area contributed by atoms with E-state index in [1.807, 2.05) is 0 Å². The fourth-order valence-electron chi connectivity index (χ4n) is 1.50. The Balaban J connectivity index is 2.89. The predicted molar refractivity (Wildman–Crippen MR) is 71.4 cm³/mol. The molecule has 0 saturated carbocycles. The molecule has 0 aromatic heterocycles. The van der Waals surface area contributed by atoms with E-state index in [1.165, 1.54) is 6.08 Å². The van der Waals surface area contributed by atoms with E-state index in [0.29, 0.717) is 29.5 Å². The van der Waals surface area contributed by atoms with Crippen LogP contribution in [0.25, 0.3) is 0 Å². The van der Waals surface area contributed by atoms with Crippen LogP contribution in [-0.2, 0) is 4.79 Å². The number of nitrogens with one attached hydrogen (secondary N) is 1. The molecule has 0 aliphatic rings. The van der Waals surface area contributed by atoms with Gasteiger partial charge in [0.15, 0.2) is 11.5 Å². The molecular formula is C13H17NO5. The molecule has 0 radical (unpaired) electrons. The molecule has 0 bridgehead atoms. The minimum Gasteiger partial charge on any atom is -0.494 e. The first-order valence-electron chi connectivity index (χ1n) is 5.55. The average Bonchev–Trinajstić information content (AvgIpc) is 2.42. The van der Waals surface area contributed by atoms with Crippen LogP contribution < -0.4 is 19.5 Å². The van der Waals surface area contributed by atoms with Gasteiger partial charge in [-0.25, -0.2) is 4.79 Å². The Morgan fingerprint density at radius 1 is 1.16 bits per heavy atom. The van der Waals surface area contributed by atoms with Crippen molar-refractivity contribution in [2.24, 2.45) is 0 Å². The molecule has 0 fully saturated rings. The van der Waals surface area contributed by atoms with Gasteiger partial charge in [0.05, 0.1) is 27.0 Å². The molecule has 1 aromatic rings. The summed E-state index contributed by atoms with van der Waals surface area (Å²) in [6.45, 7) is 0.359. The predicted octanol–water partition coefficient (Wildman–Crippen LogP) is 1.77. The molecular weight excluding hydrogens is 250 g/mol. The second kappa shape index (κ2) is 7.15. The summed E-state index contributed by atoms with van der Waals surface area (Å²) < 4.78 is 15.6. The highest BCUT2D eigenvalue weighted by molar-refractivity contribution is 5.79. The Bertz CT molecular complexity index is 470. The highest BCUT2D eigenvalue weighted by atomic mass is 16.5. The fraction of sp³-hybridized carbons (Fsp3) is 0.308. The number of rotatable bonds is 7. The smallest absolute Gasteiger partial charge is 0.328 e. The summed E-state index contributed by atoms with van der Waals surface area (Å²) in [5.41, 5.74) is 0.690. The Morgan fingerprint density at radius 3 is 2.26 bits per heavy atom. The number of carboxylic acids is 1. The minimum absolute atomic E-state index is 0.359. The second-order valence-electron chi connectivity index (χ2n) is 3.53. The highest BCUT2D eigenvalue weighted by Crippen LogP contribution is 2.37. The van der Waals surface area contributed by atoms with Gasteiger partial charge < -0.3 is 24.6 Å². The van der Waals surface area contributed by atoms with Crippen molar-refractivity contribution in [2.75, 3.05) is 33.2 Å². The van der Waals surface area contributed by atoms with E-state index in [1.54, 1.807) is 33.5 Å². The number of aliphatic carboxylic acids is 1. The van der Waals surface area contributed by atoms with Crippen LogP contribution >= 0.6 is 0 Å². The fourth-order valence-corrected chi connectivity index (χ4v) is 1.50. The summed E-state index contributed by atoms with van der Waals surface area (Å²) in [7, 11) is 4.62. The zero-order chi connectivity index (χ0) is 14.3. The molecule has 6 nitrogen and oxygen atoms in total. The van der Waals surface area contributed by atoms with Crippen LogP contribution in [0.5, 0.6) is 17.2 Å². The quantitative estimate of drug-likeness (QED) is 0.733. The van der Waals surface area contributed by atoms with Crippen LogP contribution in [0.4, 0.5) is 5.69 Å². The maximum Gasteiger partial charge on any atom is 0.328 e. The Morgan fingerprint density at radius 2 is 1.74 bits per heavy atom. The van der Waals surface area contributed by atoms with Crippen LogP contribution in [0.15, 0.2) is 24.3 Å². The molecule has 0 spiro atoms. The third-order valence-electron chi connectivity index (χ3n) is 2.38. The molecule has 1 rings (SSSR count). The summed E-state index contributed by atoms with van der Waals surface area (Å²) in [6.07, 6.45) is 2.57. The number of anilines is 1. The van der Waals surface area contributed by atoms with E-state index < -0.39 is 5.97 Å². The van der Waals surface area contributed by atoms with Crippen molar-refractivity contribution in [2.45, 2.75) is 0 Å². The molecule has 0 atom stereocenters. The molecule has 2 N–H and O–H groups in total. The number of hydrogen-bond donors (Lipinski definition) is 2. The Hall–Kier alpha value is -2.37. The second-order valence-corrected chi connectivity index (χ2v) is 3.53. The summed E-state index contributed by atoms with van der Waals surface area (Å²) in [5, 5.41) is 11.5. The Kier molecular flexibility index (Phi) is 5.53. The van der Waals surface area contributed by atoms with Crippen LogP contribution in [0.1, 0.15) is 0 Å². The van der Waals surface area contributed by atoms with E-state index in [2.05, 4.69) is 5.32 Å². The molecule has 0 aliphatic carbocycles. The lowest BCUT2D eigenvalue weighted by molar-refractivity contribution is -0.131. The van der Waals surface area contributed by atoms with E-state index in [9.17, 15) is 4.79 Å². The first-order chi connectivity index (χ1) is 9.12. The van der Waals surface area contributed by atoms with Crippen molar-refractivity contribution < 1.29 is 24.1 Å². The molecule has 0 saturated heterocycles. The van der Waals surface area contributed by atoms with Crippen molar-refractivity contribution in [1.29, 1.82) is 0 Å². The Labute approximate surface area is 111 Å². The molecule has 6 heteroatoms. The lowest BCUT2D eigenvalue weighted by Gasteiger charge is -2.14. The molecule has 0 unspecified atom stereocenters. The number of methoxy groups -OCH3 is 3. The number of carboxylic acid groups (broad SMARTS) is 1. The lowest BCUT2D eigenvalue weighted by atomic mass is 10.2. The average molecular weight is 267 g/mol. The van der Waals surface area contributed by atoms with Crippen molar-refractivity contribution >= 4 is 11.7 Å². The third kappa shape index (κ3) is 4.09. The highest BCUT2D eigenvalue weighted by Gasteiger charge is 2.10. The number of ether oxygens (including phenoxy) is 3. The first kappa shape index (κ1) is 14.7. The van der Waals surface area contributed by atoms with Gasteiger partial charge in [-0.2, -0.15) is 0 Å². The van der Waals surface area contributed by atoms with Gasteiger partial charge in [0.25, 0.3) is 0 Å². The number of benzene rings is 1. The van der Waals surface area contributed by atoms with Gasteiger partial charge in [-0.05, 0) is 0 Å².